The molecule has 20 heavy (non-hydrogen) atoms. The maximum absolute atomic E-state index is 6.15. The molecule has 5 heteroatoms. The van der Waals surface area contributed by atoms with Gasteiger partial charge in [0.2, 0.25) is 0 Å². The minimum atomic E-state index is 0.743. The summed E-state index contributed by atoms with van der Waals surface area (Å²) in [5.41, 5.74) is 17.1. The normalized spacial score (nSPS) is 15.6. The van der Waals surface area contributed by atoms with Crippen LogP contribution in [0.15, 0.2) is 23.6 Å². The lowest BCUT2D eigenvalue weighted by atomic mass is 10.0. The zero-order valence-corrected chi connectivity index (χ0v) is 12.4. The quantitative estimate of drug-likeness (QED) is 0.834. The molecule has 2 heterocycles. The van der Waals surface area contributed by atoms with E-state index >= 15 is 0 Å². The first-order chi connectivity index (χ1) is 9.66. The first-order valence-electron chi connectivity index (χ1n) is 6.73. The number of nitrogen functional groups attached to an aromatic ring is 2. The number of hydrogen-bond donors (Lipinski definition) is 2. The topological polar surface area (TPSA) is 64.5 Å². The highest BCUT2D eigenvalue weighted by Gasteiger charge is 2.20. The van der Waals surface area contributed by atoms with E-state index in [1.807, 2.05) is 18.2 Å². The van der Waals surface area contributed by atoms with Crippen molar-refractivity contribution in [3.05, 3.63) is 28.5 Å². The zero-order chi connectivity index (χ0) is 14.1. The predicted octanol–water partition coefficient (Wildman–Crippen LogP) is 2.72. The van der Waals surface area contributed by atoms with Crippen LogP contribution in [0.4, 0.5) is 17.1 Å². The highest BCUT2D eigenvalue weighted by molar-refractivity contribution is 7.11. The summed E-state index contributed by atoms with van der Waals surface area (Å²) in [6.45, 7) is 5.53. The second-order valence-corrected chi connectivity index (χ2v) is 6.08. The molecule has 0 bridgehead atoms. The van der Waals surface area contributed by atoms with E-state index in [-0.39, 0.29) is 0 Å². The van der Waals surface area contributed by atoms with Crippen molar-refractivity contribution in [3.63, 3.8) is 0 Å². The molecule has 0 spiro atoms. The number of rotatable bonds is 2. The Labute approximate surface area is 123 Å². The molecule has 0 aliphatic carbocycles. The van der Waals surface area contributed by atoms with E-state index in [2.05, 4.69) is 17.2 Å². The van der Waals surface area contributed by atoms with Crippen molar-refractivity contribution in [2.24, 2.45) is 0 Å². The molecule has 1 aliphatic heterocycles. The molecule has 1 fully saturated rings. The number of nitrogens with zero attached hydrogens (tertiary/aromatic N) is 1. The van der Waals surface area contributed by atoms with Gasteiger partial charge in [0.15, 0.2) is 0 Å². The maximum Gasteiger partial charge on any atom is 0.0642 e. The molecule has 4 nitrogen and oxygen atoms in total. The number of morpholine rings is 1. The molecule has 106 valence electrons. The molecule has 2 aromatic rings. The van der Waals surface area contributed by atoms with Gasteiger partial charge in [-0.2, -0.15) is 0 Å². The monoisotopic (exact) mass is 289 g/mol. The summed E-state index contributed by atoms with van der Waals surface area (Å²) in [6, 6.07) is 5.69. The highest BCUT2D eigenvalue weighted by Crippen LogP contribution is 2.41. The number of nitrogens with two attached hydrogens (primary N) is 2. The number of ether oxygens (including phenoxy) is 1. The van der Waals surface area contributed by atoms with Gasteiger partial charge in [-0.25, -0.2) is 0 Å². The number of hydrogen-bond acceptors (Lipinski definition) is 5. The minimum Gasteiger partial charge on any atom is -0.399 e. The van der Waals surface area contributed by atoms with Crippen LogP contribution < -0.4 is 16.4 Å². The molecule has 3 rings (SSSR count). The van der Waals surface area contributed by atoms with Crippen LogP contribution in [-0.4, -0.2) is 26.3 Å². The van der Waals surface area contributed by atoms with Gasteiger partial charge >= 0.3 is 0 Å². The summed E-state index contributed by atoms with van der Waals surface area (Å²) in [4.78, 5) is 3.63. The number of aryl methyl sites for hydroxylation is 1. The smallest absolute Gasteiger partial charge is 0.0642 e. The molecule has 1 aromatic heterocycles. The van der Waals surface area contributed by atoms with Gasteiger partial charge in [0.25, 0.3) is 0 Å². The van der Waals surface area contributed by atoms with Crippen molar-refractivity contribution in [3.8, 4) is 11.1 Å². The fourth-order valence-electron chi connectivity index (χ4n) is 2.60. The fraction of sp³-hybridized carbons (Fsp3) is 0.333. The summed E-state index contributed by atoms with van der Waals surface area (Å²) < 4.78 is 5.43. The molecule has 0 radical (unpaired) electrons. The Hall–Kier alpha value is -1.72. The highest BCUT2D eigenvalue weighted by atomic mass is 32.1. The first-order valence-corrected chi connectivity index (χ1v) is 7.61. The second kappa shape index (κ2) is 5.34. The van der Waals surface area contributed by atoms with Crippen LogP contribution in [0.2, 0.25) is 0 Å². The van der Waals surface area contributed by atoms with Gasteiger partial charge in [0.05, 0.1) is 18.9 Å². The first kappa shape index (κ1) is 13.3. The van der Waals surface area contributed by atoms with Crippen molar-refractivity contribution < 1.29 is 4.74 Å². The molecular weight excluding hydrogens is 270 g/mol. The molecule has 0 atom stereocenters. The Balaban J connectivity index is 2.08. The second-order valence-electron chi connectivity index (χ2n) is 5.00. The van der Waals surface area contributed by atoms with Crippen LogP contribution in [0.3, 0.4) is 0 Å². The van der Waals surface area contributed by atoms with E-state index in [9.17, 15) is 0 Å². The van der Waals surface area contributed by atoms with E-state index < -0.39 is 0 Å². The van der Waals surface area contributed by atoms with E-state index in [0.717, 1.165) is 43.2 Å². The fourth-order valence-corrected chi connectivity index (χ4v) is 3.49. The molecular formula is C15H19N3OS. The Morgan fingerprint density at radius 3 is 2.70 bits per heavy atom. The SMILES string of the molecule is Cc1scc(N2CCOCC2)c1-c1cc(N)ccc1N. The van der Waals surface area contributed by atoms with E-state index in [4.69, 9.17) is 16.2 Å². The molecule has 0 amide bonds. The van der Waals surface area contributed by atoms with Gasteiger partial charge in [0.1, 0.15) is 0 Å². The van der Waals surface area contributed by atoms with Crippen LogP contribution in [0, 0.1) is 6.92 Å². The summed E-state index contributed by atoms with van der Waals surface area (Å²) in [5, 5.41) is 2.21. The van der Waals surface area contributed by atoms with Crippen molar-refractivity contribution in [2.45, 2.75) is 6.92 Å². The summed E-state index contributed by atoms with van der Waals surface area (Å²) >= 11 is 1.76. The molecule has 1 aliphatic rings. The standard InChI is InChI=1S/C15H19N3OS/c1-10-15(12-8-11(16)2-3-13(12)17)14(9-20-10)18-4-6-19-7-5-18/h2-3,8-9H,4-7,16-17H2,1H3. The van der Waals surface area contributed by atoms with Gasteiger partial charge in [-0.1, -0.05) is 0 Å². The third-order valence-corrected chi connectivity index (χ3v) is 4.55. The van der Waals surface area contributed by atoms with E-state index in [0.29, 0.717) is 0 Å². The third-order valence-electron chi connectivity index (χ3n) is 3.65. The summed E-state index contributed by atoms with van der Waals surface area (Å²) in [7, 11) is 0. The van der Waals surface area contributed by atoms with Gasteiger partial charge in [0, 0.05) is 45.8 Å². The summed E-state index contributed by atoms with van der Waals surface area (Å²) in [5.74, 6) is 0. The maximum atomic E-state index is 6.15. The molecule has 0 unspecified atom stereocenters. The number of anilines is 3. The van der Waals surface area contributed by atoms with Crippen molar-refractivity contribution in [1.29, 1.82) is 0 Å². The summed E-state index contributed by atoms with van der Waals surface area (Å²) in [6.07, 6.45) is 0. The van der Waals surface area contributed by atoms with Crippen molar-refractivity contribution >= 4 is 28.4 Å². The number of benzene rings is 1. The van der Waals surface area contributed by atoms with Gasteiger partial charge in [-0.15, -0.1) is 11.3 Å². The Bertz CT molecular complexity index is 618. The van der Waals surface area contributed by atoms with Crippen LogP contribution >= 0.6 is 11.3 Å². The lowest BCUT2D eigenvalue weighted by molar-refractivity contribution is 0.123. The number of thiophene rings is 1. The Morgan fingerprint density at radius 1 is 1.20 bits per heavy atom. The van der Waals surface area contributed by atoms with Crippen LogP contribution in [0.25, 0.3) is 11.1 Å². The Morgan fingerprint density at radius 2 is 1.95 bits per heavy atom. The lowest BCUT2D eigenvalue weighted by Gasteiger charge is -2.29. The largest absolute Gasteiger partial charge is 0.399 e. The molecule has 4 N–H and O–H groups in total. The van der Waals surface area contributed by atoms with Crippen molar-refractivity contribution in [1.82, 2.24) is 0 Å². The predicted molar refractivity (Wildman–Crippen MR) is 86.3 cm³/mol. The third kappa shape index (κ3) is 2.34. The van der Waals surface area contributed by atoms with Crippen molar-refractivity contribution in [2.75, 3.05) is 42.7 Å². The zero-order valence-electron chi connectivity index (χ0n) is 11.6. The molecule has 0 saturated carbocycles. The average molecular weight is 289 g/mol. The lowest BCUT2D eigenvalue weighted by Crippen LogP contribution is -2.36. The average Bonchev–Trinajstić information content (AvgIpc) is 2.84. The molecule has 1 saturated heterocycles. The van der Waals surface area contributed by atoms with Gasteiger partial charge in [-0.05, 0) is 25.1 Å². The van der Waals surface area contributed by atoms with Crippen LogP contribution in [0.5, 0.6) is 0 Å². The van der Waals surface area contributed by atoms with Crippen LogP contribution in [-0.2, 0) is 4.74 Å². The Kier molecular flexibility index (Phi) is 3.54. The van der Waals surface area contributed by atoms with Gasteiger partial charge in [-0.3, -0.25) is 0 Å². The molecule has 1 aromatic carbocycles. The van der Waals surface area contributed by atoms with Crippen LogP contribution in [0.1, 0.15) is 4.88 Å². The van der Waals surface area contributed by atoms with E-state index in [1.54, 1.807) is 11.3 Å². The van der Waals surface area contributed by atoms with E-state index in [1.165, 1.54) is 16.1 Å². The van der Waals surface area contributed by atoms with Gasteiger partial charge < -0.3 is 21.1 Å². The minimum absolute atomic E-state index is 0.743.